The summed E-state index contributed by atoms with van der Waals surface area (Å²) in [6, 6.07) is 2.20. The van der Waals surface area contributed by atoms with Crippen molar-refractivity contribution in [3.05, 3.63) is 29.1 Å². The molecule has 0 aliphatic carbocycles. The number of nitrogens with one attached hydrogen (secondary N) is 1. The van der Waals surface area contributed by atoms with E-state index in [0.717, 1.165) is 25.3 Å². The Morgan fingerprint density at radius 3 is 2.60 bits per heavy atom. The number of nitrogens with zero attached hydrogens (tertiary/aromatic N) is 2. The van der Waals surface area contributed by atoms with E-state index < -0.39 is 0 Å². The Bertz CT molecular complexity index is 316. The zero-order chi connectivity index (χ0) is 9.26. The Morgan fingerprint density at radius 2 is 1.93 bits per heavy atom. The van der Waals surface area contributed by atoms with Crippen LogP contribution in [0.5, 0.6) is 0 Å². The molecular weight excluding hydrogens is 322 g/mol. The molecule has 2 heterocycles. The zero-order valence-corrected chi connectivity index (χ0v) is 12.4. The number of halogens is 2. The Balaban J connectivity index is 0.000000980. The largest absolute Gasteiger partial charge is 0.309 e. The van der Waals surface area contributed by atoms with Gasteiger partial charge in [0, 0.05) is 25.8 Å². The average Bonchev–Trinajstić information content (AvgIpc) is 2.49. The fourth-order valence-electron chi connectivity index (χ4n) is 1.64. The molecule has 2 rings (SSSR count). The van der Waals surface area contributed by atoms with Crippen LogP contribution in [0.4, 0.5) is 0 Å². The van der Waals surface area contributed by atoms with Crippen LogP contribution >= 0.6 is 34.0 Å². The Kier molecular flexibility index (Phi) is 6.59. The van der Waals surface area contributed by atoms with Gasteiger partial charge in [0.15, 0.2) is 0 Å². The van der Waals surface area contributed by atoms with Crippen molar-refractivity contribution in [1.29, 1.82) is 0 Å². The minimum absolute atomic E-state index is 0. The molecule has 0 radical (unpaired) electrons. The van der Waals surface area contributed by atoms with Crippen LogP contribution in [-0.4, -0.2) is 24.0 Å². The van der Waals surface area contributed by atoms with Gasteiger partial charge in [0.25, 0.3) is 0 Å². The maximum absolute atomic E-state index is 4.41. The van der Waals surface area contributed by atoms with Crippen LogP contribution in [0.2, 0.25) is 0 Å². The normalized spacial score (nSPS) is 13.0. The minimum Gasteiger partial charge on any atom is -0.309 e. The van der Waals surface area contributed by atoms with Gasteiger partial charge in [-0.05, 0) is 31.3 Å². The molecule has 0 spiro atoms. The second-order valence-corrected chi connectivity index (χ2v) is 3.79. The van der Waals surface area contributed by atoms with E-state index in [1.54, 1.807) is 0 Å². The lowest BCUT2D eigenvalue weighted by Gasteiger charge is -2.09. The van der Waals surface area contributed by atoms with E-state index >= 15 is 0 Å². The summed E-state index contributed by atoms with van der Waals surface area (Å²) in [5.74, 6) is 0. The Morgan fingerprint density at radius 1 is 1.27 bits per heavy atom. The van der Waals surface area contributed by atoms with Crippen LogP contribution in [0.3, 0.4) is 0 Å². The summed E-state index contributed by atoms with van der Waals surface area (Å²) < 4.78 is 0. The first-order valence-corrected chi connectivity index (χ1v) is 4.58. The summed E-state index contributed by atoms with van der Waals surface area (Å²) in [6.07, 6.45) is 1.99. The van der Waals surface area contributed by atoms with Gasteiger partial charge in [-0.25, -0.2) is 0 Å². The molecule has 1 N–H and O–H groups in total. The zero-order valence-electron chi connectivity index (χ0n) is 8.99. The van der Waals surface area contributed by atoms with E-state index in [2.05, 4.69) is 35.4 Å². The summed E-state index contributed by atoms with van der Waals surface area (Å²) in [5, 5.41) is 3.31. The van der Waals surface area contributed by atoms with Crippen molar-refractivity contribution in [3.63, 3.8) is 0 Å². The van der Waals surface area contributed by atoms with Crippen molar-refractivity contribution >= 4 is 34.0 Å². The molecule has 1 aromatic heterocycles. The predicted molar refractivity (Wildman–Crippen MR) is 72.8 cm³/mol. The van der Waals surface area contributed by atoms with Crippen LogP contribution in [0.15, 0.2) is 12.3 Å². The monoisotopic (exact) mass is 337 g/mol. The number of pyridine rings is 1. The van der Waals surface area contributed by atoms with Gasteiger partial charge in [-0.3, -0.25) is 4.98 Å². The second kappa shape index (κ2) is 6.58. The van der Waals surface area contributed by atoms with Gasteiger partial charge in [0.05, 0.1) is 5.69 Å². The lowest BCUT2D eigenvalue weighted by Crippen LogP contribution is -2.12. The van der Waals surface area contributed by atoms with Gasteiger partial charge in [-0.2, -0.15) is 0 Å². The summed E-state index contributed by atoms with van der Waals surface area (Å²) >= 11 is 0. The molecule has 0 saturated carbocycles. The molecule has 86 valence electrons. The molecule has 0 atom stereocenters. The van der Waals surface area contributed by atoms with Crippen LogP contribution in [0.25, 0.3) is 0 Å². The van der Waals surface area contributed by atoms with Gasteiger partial charge in [-0.1, -0.05) is 0 Å². The van der Waals surface area contributed by atoms with Gasteiger partial charge in [0.1, 0.15) is 0 Å². The number of rotatable bonds is 2. The van der Waals surface area contributed by atoms with Crippen LogP contribution in [-0.2, 0) is 19.6 Å². The fraction of sp³-hybridized carbons (Fsp3) is 0.500. The third-order valence-corrected chi connectivity index (χ3v) is 2.25. The maximum Gasteiger partial charge on any atom is 0.0547 e. The van der Waals surface area contributed by atoms with E-state index in [1.165, 1.54) is 11.1 Å². The fourth-order valence-corrected chi connectivity index (χ4v) is 1.64. The summed E-state index contributed by atoms with van der Waals surface area (Å²) in [7, 11) is 4.13. The highest BCUT2D eigenvalue weighted by molar-refractivity contribution is 8.93. The van der Waals surface area contributed by atoms with E-state index in [0.29, 0.717) is 0 Å². The number of hydrogen-bond acceptors (Lipinski definition) is 3. The molecule has 0 bridgehead atoms. The van der Waals surface area contributed by atoms with Crippen LogP contribution in [0, 0.1) is 0 Å². The molecule has 1 aromatic rings. The highest BCUT2D eigenvalue weighted by atomic mass is 79.9. The maximum atomic E-state index is 4.41. The quantitative estimate of drug-likeness (QED) is 0.892. The van der Waals surface area contributed by atoms with Crippen molar-refractivity contribution in [2.45, 2.75) is 19.6 Å². The first-order chi connectivity index (χ1) is 6.25. The van der Waals surface area contributed by atoms with Crippen LogP contribution < -0.4 is 5.32 Å². The molecule has 0 fully saturated rings. The molecule has 1 aliphatic rings. The minimum atomic E-state index is 0. The van der Waals surface area contributed by atoms with Crippen molar-refractivity contribution < 1.29 is 0 Å². The molecule has 3 nitrogen and oxygen atoms in total. The SMILES string of the molecule is Br.Br.CN(C)Cc1cc2c(cn1)CNC2. The standard InChI is InChI=1S/C10H15N3.2BrH/c1-13(2)7-10-3-8-4-11-5-9(8)6-12-10;;/h3,6,11H,4-5,7H2,1-2H3;2*1H. The van der Waals surface area contributed by atoms with E-state index in [-0.39, 0.29) is 34.0 Å². The molecular formula is C10H17Br2N3. The van der Waals surface area contributed by atoms with Crippen molar-refractivity contribution in [1.82, 2.24) is 15.2 Å². The van der Waals surface area contributed by atoms with Gasteiger partial charge < -0.3 is 10.2 Å². The highest BCUT2D eigenvalue weighted by Crippen LogP contribution is 2.15. The molecule has 0 aromatic carbocycles. The summed E-state index contributed by atoms with van der Waals surface area (Å²) in [4.78, 5) is 6.54. The lowest BCUT2D eigenvalue weighted by atomic mass is 10.1. The number of hydrogen-bond donors (Lipinski definition) is 1. The van der Waals surface area contributed by atoms with Crippen molar-refractivity contribution in [2.24, 2.45) is 0 Å². The lowest BCUT2D eigenvalue weighted by molar-refractivity contribution is 0.396. The smallest absolute Gasteiger partial charge is 0.0547 e. The Labute approximate surface area is 112 Å². The number of aromatic nitrogens is 1. The van der Waals surface area contributed by atoms with Gasteiger partial charge in [-0.15, -0.1) is 34.0 Å². The molecule has 0 unspecified atom stereocenters. The summed E-state index contributed by atoms with van der Waals surface area (Å²) in [5.41, 5.74) is 3.92. The van der Waals surface area contributed by atoms with E-state index in [4.69, 9.17) is 0 Å². The first kappa shape index (κ1) is 15.0. The van der Waals surface area contributed by atoms with Crippen molar-refractivity contribution in [3.8, 4) is 0 Å². The van der Waals surface area contributed by atoms with Crippen molar-refractivity contribution in [2.75, 3.05) is 14.1 Å². The molecule has 0 saturated heterocycles. The molecule has 5 heteroatoms. The summed E-state index contributed by atoms with van der Waals surface area (Å²) in [6.45, 7) is 2.90. The van der Waals surface area contributed by atoms with Gasteiger partial charge >= 0.3 is 0 Å². The van der Waals surface area contributed by atoms with E-state index in [1.807, 2.05) is 6.20 Å². The molecule has 0 amide bonds. The van der Waals surface area contributed by atoms with Gasteiger partial charge in [0.2, 0.25) is 0 Å². The third-order valence-electron chi connectivity index (χ3n) is 2.25. The second-order valence-electron chi connectivity index (χ2n) is 3.79. The number of fused-ring (bicyclic) bond motifs is 1. The highest BCUT2D eigenvalue weighted by Gasteiger charge is 2.10. The topological polar surface area (TPSA) is 28.2 Å². The van der Waals surface area contributed by atoms with Crippen LogP contribution in [0.1, 0.15) is 16.8 Å². The third kappa shape index (κ3) is 3.83. The predicted octanol–water partition coefficient (Wildman–Crippen LogP) is 1.90. The first-order valence-electron chi connectivity index (χ1n) is 4.58. The molecule has 15 heavy (non-hydrogen) atoms. The van der Waals surface area contributed by atoms with E-state index in [9.17, 15) is 0 Å². The molecule has 1 aliphatic heterocycles. The average molecular weight is 339 g/mol. The Hall–Kier alpha value is 0.0300.